The number of hydrogen-bond donors (Lipinski definition) is 0. The number of aromatic nitrogens is 2. The molecule has 0 unspecified atom stereocenters. The van der Waals surface area contributed by atoms with Gasteiger partial charge in [0.15, 0.2) is 0 Å². The highest BCUT2D eigenvalue weighted by Crippen LogP contribution is 2.09. The van der Waals surface area contributed by atoms with Crippen molar-refractivity contribution in [1.82, 2.24) is 14.9 Å². The zero-order chi connectivity index (χ0) is 12.8. The van der Waals surface area contributed by atoms with Gasteiger partial charge in [0.2, 0.25) is 11.9 Å². The molecule has 1 amide bonds. The lowest BCUT2D eigenvalue weighted by Crippen LogP contribution is -2.49. The van der Waals surface area contributed by atoms with Crippen molar-refractivity contribution < 1.29 is 4.79 Å². The number of piperazine rings is 1. The van der Waals surface area contributed by atoms with E-state index < -0.39 is 0 Å². The standard InChI is InChI=1S/C10H13N7O/c11-15-14-8-9(18)16-4-6-17(7-5-16)10-12-2-1-3-13-10/h1-3H,4-8H2. The highest BCUT2D eigenvalue weighted by molar-refractivity contribution is 5.78. The molecule has 1 aromatic rings. The Bertz CT molecular complexity index is 449. The number of hydrogen-bond acceptors (Lipinski definition) is 5. The second kappa shape index (κ2) is 5.83. The molecule has 0 bridgehead atoms. The summed E-state index contributed by atoms with van der Waals surface area (Å²) < 4.78 is 0. The number of rotatable bonds is 3. The lowest BCUT2D eigenvalue weighted by Gasteiger charge is -2.34. The molecular formula is C10H13N7O. The van der Waals surface area contributed by atoms with Crippen LogP contribution in [0, 0.1) is 0 Å². The summed E-state index contributed by atoms with van der Waals surface area (Å²) in [4.78, 5) is 26.2. The lowest BCUT2D eigenvalue weighted by atomic mass is 10.3. The maximum Gasteiger partial charge on any atom is 0.228 e. The summed E-state index contributed by atoms with van der Waals surface area (Å²) >= 11 is 0. The number of nitrogens with zero attached hydrogens (tertiary/aromatic N) is 7. The molecule has 2 heterocycles. The van der Waals surface area contributed by atoms with Crippen molar-refractivity contribution in [3.8, 4) is 0 Å². The second-order valence-corrected chi connectivity index (χ2v) is 3.81. The molecular weight excluding hydrogens is 234 g/mol. The second-order valence-electron chi connectivity index (χ2n) is 3.81. The van der Waals surface area contributed by atoms with E-state index in [4.69, 9.17) is 5.53 Å². The number of carbonyl (C=O) groups is 1. The van der Waals surface area contributed by atoms with E-state index in [1.54, 1.807) is 23.4 Å². The Kier molecular flexibility index (Phi) is 3.93. The fourth-order valence-electron chi connectivity index (χ4n) is 1.80. The highest BCUT2D eigenvalue weighted by atomic mass is 16.2. The molecule has 94 valence electrons. The molecule has 0 saturated carbocycles. The van der Waals surface area contributed by atoms with Crippen LogP contribution in [-0.2, 0) is 4.79 Å². The lowest BCUT2D eigenvalue weighted by molar-refractivity contribution is -0.129. The highest BCUT2D eigenvalue weighted by Gasteiger charge is 2.21. The summed E-state index contributed by atoms with van der Waals surface area (Å²) in [5.74, 6) is 0.543. The molecule has 0 spiro atoms. The molecule has 1 aliphatic rings. The van der Waals surface area contributed by atoms with Crippen molar-refractivity contribution in [3.63, 3.8) is 0 Å². The predicted octanol–water partition coefficient (Wildman–Crippen LogP) is 0.435. The molecule has 1 aliphatic heterocycles. The van der Waals surface area contributed by atoms with Crippen LogP contribution < -0.4 is 4.90 Å². The maximum absolute atomic E-state index is 11.6. The summed E-state index contributed by atoms with van der Waals surface area (Å²) in [5, 5.41) is 3.28. The largest absolute Gasteiger partial charge is 0.339 e. The van der Waals surface area contributed by atoms with Gasteiger partial charge in [-0.25, -0.2) is 9.97 Å². The van der Waals surface area contributed by atoms with E-state index in [2.05, 4.69) is 20.0 Å². The van der Waals surface area contributed by atoms with E-state index in [0.29, 0.717) is 32.1 Å². The van der Waals surface area contributed by atoms with E-state index in [-0.39, 0.29) is 12.5 Å². The third-order valence-electron chi connectivity index (χ3n) is 2.74. The van der Waals surface area contributed by atoms with Crippen molar-refractivity contribution in [3.05, 3.63) is 28.9 Å². The van der Waals surface area contributed by atoms with E-state index in [0.717, 1.165) is 0 Å². The summed E-state index contributed by atoms with van der Waals surface area (Å²) in [7, 11) is 0. The van der Waals surface area contributed by atoms with E-state index in [9.17, 15) is 4.79 Å². The predicted molar refractivity (Wildman–Crippen MR) is 64.8 cm³/mol. The molecule has 2 rings (SSSR count). The minimum absolute atomic E-state index is 0.113. The molecule has 1 aromatic heterocycles. The first-order chi connectivity index (χ1) is 8.81. The van der Waals surface area contributed by atoms with Gasteiger partial charge in [-0.2, -0.15) is 0 Å². The summed E-state index contributed by atoms with van der Waals surface area (Å²) in [6, 6.07) is 1.77. The average Bonchev–Trinajstić information content (AvgIpc) is 2.46. The number of carbonyl (C=O) groups excluding carboxylic acids is 1. The Labute approximate surface area is 104 Å². The van der Waals surface area contributed by atoms with Crippen molar-refractivity contribution >= 4 is 11.9 Å². The van der Waals surface area contributed by atoms with E-state index in [1.807, 2.05) is 4.90 Å². The molecule has 0 aliphatic carbocycles. The van der Waals surface area contributed by atoms with E-state index >= 15 is 0 Å². The number of amides is 1. The number of anilines is 1. The van der Waals surface area contributed by atoms with E-state index in [1.165, 1.54) is 0 Å². The third-order valence-corrected chi connectivity index (χ3v) is 2.74. The molecule has 8 nitrogen and oxygen atoms in total. The first-order valence-corrected chi connectivity index (χ1v) is 5.62. The van der Waals surface area contributed by atoms with Crippen LogP contribution in [0.2, 0.25) is 0 Å². The smallest absolute Gasteiger partial charge is 0.228 e. The van der Waals surface area contributed by atoms with Crippen LogP contribution in [0.4, 0.5) is 5.95 Å². The van der Waals surface area contributed by atoms with Gasteiger partial charge in [0.05, 0.1) is 0 Å². The molecule has 0 radical (unpaired) electrons. The first-order valence-electron chi connectivity index (χ1n) is 5.62. The van der Waals surface area contributed by atoms with Crippen molar-refractivity contribution in [1.29, 1.82) is 0 Å². The molecule has 1 saturated heterocycles. The Morgan fingerprint density at radius 3 is 2.61 bits per heavy atom. The zero-order valence-electron chi connectivity index (χ0n) is 9.81. The van der Waals surface area contributed by atoms with Crippen molar-refractivity contribution in [2.45, 2.75) is 0 Å². The summed E-state index contributed by atoms with van der Waals surface area (Å²) in [5.41, 5.74) is 8.17. The minimum Gasteiger partial charge on any atom is -0.339 e. The minimum atomic E-state index is -0.138. The van der Waals surface area contributed by atoms with Crippen LogP contribution in [0.5, 0.6) is 0 Å². The molecule has 1 fully saturated rings. The Morgan fingerprint density at radius 1 is 1.33 bits per heavy atom. The van der Waals surface area contributed by atoms with Gasteiger partial charge in [0.1, 0.15) is 6.54 Å². The van der Waals surface area contributed by atoms with Gasteiger partial charge in [-0.05, 0) is 11.6 Å². The maximum atomic E-state index is 11.6. The van der Waals surface area contributed by atoms with Gasteiger partial charge in [-0.1, -0.05) is 5.11 Å². The average molecular weight is 247 g/mol. The van der Waals surface area contributed by atoms with Gasteiger partial charge in [0, 0.05) is 43.5 Å². The molecule has 0 aromatic carbocycles. The van der Waals surface area contributed by atoms with Crippen LogP contribution in [0.15, 0.2) is 23.6 Å². The number of azide groups is 1. The van der Waals surface area contributed by atoms with Crippen LogP contribution >= 0.6 is 0 Å². The van der Waals surface area contributed by atoms with Crippen LogP contribution in [-0.4, -0.2) is 53.5 Å². The molecule has 0 atom stereocenters. The molecule has 0 N–H and O–H groups in total. The van der Waals surface area contributed by atoms with Gasteiger partial charge in [-0.15, -0.1) is 0 Å². The van der Waals surface area contributed by atoms with Gasteiger partial charge in [0.25, 0.3) is 0 Å². The quantitative estimate of drug-likeness (QED) is 0.439. The van der Waals surface area contributed by atoms with Crippen LogP contribution in [0.3, 0.4) is 0 Å². The first kappa shape index (κ1) is 12.1. The van der Waals surface area contributed by atoms with Crippen LogP contribution in [0.1, 0.15) is 0 Å². The summed E-state index contributed by atoms with van der Waals surface area (Å²) in [6.07, 6.45) is 3.39. The molecule has 8 heteroatoms. The Hall–Kier alpha value is -2.34. The third kappa shape index (κ3) is 2.86. The fraction of sp³-hybridized carbons (Fsp3) is 0.500. The summed E-state index contributed by atoms with van der Waals surface area (Å²) in [6.45, 7) is 2.45. The normalized spacial score (nSPS) is 15.1. The zero-order valence-corrected chi connectivity index (χ0v) is 9.81. The monoisotopic (exact) mass is 247 g/mol. The van der Waals surface area contributed by atoms with Crippen molar-refractivity contribution in [2.24, 2.45) is 5.11 Å². The molecule has 18 heavy (non-hydrogen) atoms. The van der Waals surface area contributed by atoms with Gasteiger partial charge >= 0.3 is 0 Å². The van der Waals surface area contributed by atoms with Gasteiger partial charge in [-0.3, -0.25) is 4.79 Å². The SMILES string of the molecule is [N-]=[N+]=NCC(=O)N1CCN(c2ncccn2)CC1. The van der Waals surface area contributed by atoms with Crippen LogP contribution in [0.25, 0.3) is 10.4 Å². The fourth-order valence-corrected chi connectivity index (χ4v) is 1.80. The Balaban J connectivity index is 1.88. The van der Waals surface area contributed by atoms with Gasteiger partial charge < -0.3 is 9.80 Å². The Morgan fingerprint density at radius 2 is 2.00 bits per heavy atom. The topological polar surface area (TPSA) is 98.1 Å². The van der Waals surface area contributed by atoms with Crippen molar-refractivity contribution in [2.75, 3.05) is 37.6 Å².